The first kappa shape index (κ1) is 13.0. The molecule has 1 N–H and O–H groups in total. The standard InChI is InChI=1S/C12H7BrClFN2O/c13-7-1-4-11(16-6-7)17-12(18)9-3-2-8(14)5-10(9)15/h1-6H,(H,16,17,18). The Morgan fingerprint density at radius 1 is 1.33 bits per heavy atom. The topological polar surface area (TPSA) is 42.0 Å². The van der Waals surface area contributed by atoms with E-state index in [4.69, 9.17) is 11.6 Å². The largest absolute Gasteiger partial charge is 0.306 e. The lowest BCUT2D eigenvalue weighted by molar-refractivity contribution is 0.102. The molecule has 0 fully saturated rings. The number of nitrogens with zero attached hydrogens (tertiary/aromatic N) is 1. The molecule has 0 radical (unpaired) electrons. The van der Waals surface area contributed by atoms with Crippen molar-refractivity contribution in [2.24, 2.45) is 0 Å². The lowest BCUT2D eigenvalue weighted by Gasteiger charge is -2.05. The molecule has 0 spiro atoms. The maximum atomic E-state index is 13.5. The summed E-state index contributed by atoms with van der Waals surface area (Å²) < 4.78 is 14.3. The molecule has 0 saturated carbocycles. The third-order valence-electron chi connectivity index (χ3n) is 2.14. The lowest BCUT2D eigenvalue weighted by atomic mass is 10.2. The molecule has 1 aromatic heterocycles. The molecule has 1 heterocycles. The van der Waals surface area contributed by atoms with Crippen LogP contribution < -0.4 is 5.32 Å². The SMILES string of the molecule is O=C(Nc1ccc(Br)cn1)c1ccc(Cl)cc1F. The fourth-order valence-electron chi connectivity index (χ4n) is 1.31. The Morgan fingerprint density at radius 2 is 2.11 bits per heavy atom. The molecular weight excluding hydrogens is 322 g/mol. The van der Waals surface area contributed by atoms with Gasteiger partial charge in [0.1, 0.15) is 11.6 Å². The van der Waals surface area contributed by atoms with E-state index in [-0.39, 0.29) is 10.6 Å². The van der Waals surface area contributed by atoms with Crippen LogP contribution in [0, 0.1) is 5.82 Å². The number of halogens is 3. The van der Waals surface area contributed by atoms with Gasteiger partial charge in [-0.2, -0.15) is 0 Å². The van der Waals surface area contributed by atoms with Crippen molar-refractivity contribution in [2.75, 3.05) is 5.32 Å². The molecule has 0 atom stereocenters. The summed E-state index contributed by atoms with van der Waals surface area (Å²) in [5.41, 5.74) is -0.0795. The number of aromatic nitrogens is 1. The lowest BCUT2D eigenvalue weighted by Crippen LogP contribution is -2.14. The van der Waals surface area contributed by atoms with E-state index < -0.39 is 11.7 Å². The molecule has 0 aliphatic rings. The number of hydrogen-bond acceptors (Lipinski definition) is 2. The van der Waals surface area contributed by atoms with E-state index in [0.717, 1.165) is 10.5 Å². The van der Waals surface area contributed by atoms with E-state index in [1.165, 1.54) is 18.3 Å². The number of nitrogens with one attached hydrogen (secondary N) is 1. The Morgan fingerprint density at radius 3 is 2.72 bits per heavy atom. The molecule has 2 aromatic rings. The van der Waals surface area contributed by atoms with Crippen LogP contribution in [0.3, 0.4) is 0 Å². The summed E-state index contributed by atoms with van der Waals surface area (Å²) in [6.07, 6.45) is 1.54. The maximum absolute atomic E-state index is 13.5. The highest BCUT2D eigenvalue weighted by atomic mass is 79.9. The number of amides is 1. The van der Waals surface area contributed by atoms with Gasteiger partial charge in [-0.1, -0.05) is 11.6 Å². The smallest absolute Gasteiger partial charge is 0.259 e. The second kappa shape index (κ2) is 5.46. The summed E-state index contributed by atoms with van der Waals surface area (Å²) in [4.78, 5) is 15.7. The van der Waals surface area contributed by atoms with Crippen LogP contribution in [0.15, 0.2) is 41.0 Å². The van der Waals surface area contributed by atoms with Crippen molar-refractivity contribution < 1.29 is 9.18 Å². The van der Waals surface area contributed by atoms with Gasteiger partial charge in [-0.05, 0) is 46.3 Å². The summed E-state index contributed by atoms with van der Waals surface area (Å²) in [5.74, 6) is -0.895. The number of hydrogen-bond donors (Lipinski definition) is 1. The molecule has 18 heavy (non-hydrogen) atoms. The summed E-state index contributed by atoms with van der Waals surface area (Å²) in [6.45, 7) is 0. The van der Waals surface area contributed by atoms with Gasteiger partial charge in [0, 0.05) is 15.7 Å². The van der Waals surface area contributed by atoms with Crippen molar-refractivity contribution in [1.29, 1.82) is 0 Å². The third-order valence-corrected chi connectivity index (χ3v) is 2.85. The molecule has 0 aliphatic carbocycles. The summed E-state index contributed by atoms with van der Waals surface area (Å²) in [5, 5.41) is 2.73. The predicted molar refractivity (Wildman–Crippen MR) is 71.3 cm³/mol. The zero-order valence-electron chi connectivity index (χ0n) is 8.95. The fraction of sp³-hybridized carbons (Fsp3) is 0. The second-order valence-electron chi connectivity index (χ2n) is 3.44. The highest BCUT2D eigenvalue weighted by Gasteiger charge is 2.12. The molecule has 1 aromatic carbocycles. The van der Waals surface area contributed by atoms with Crippen molar-refractivity contribution in [3.63, 3.8) is 0 Å². The van der Waals surface area contributed by atoms with E-state index >= 15 is 0 Å². The van der Waals surface area contributed by atoms with Crippen molar-refractivity contribution in [1.82, 2.24) is 4.98 Å². The number of pyridine rings is 1. The van der Waals surface area contributed by atoms with Gasteiger partial charge in [0.15, 0.2) is 0 Å². The quantitative estimate of drug-likeness (QED) is 0.908. The third kappa shape index (κ3) is 3.05. The highest BCUT2D eigenvalue weighted by molar-refractivity contribution is 9.10. The Balaban J connectivity index is 2.19. The van der Waals surface area contributed by atoms with Crippen LogP contribution in [0.4, 0.5) is 10.2 Å². The number of carbonyl (C=O) groups is 1. The van der Waals surface area contributed by atoms with E-state index in [1.807, 2.05) is 0 Å². The molecule has 92 valence electrons. The fourth-order valence-corrected chi connectivity index (χ4v) is 1.70. The highest BCUT2D eigenvalue weighted by Crippen LogP contribution is 2.16. The molecule has 3 nitrogen and oxygen atoms in total. The van der Waals surface area contributed by atoms with Crippen LogP contribution in [0.1, 0.15) is 10.4 Å². The molecule has 0 bridgehead atoms. The zero-order chi connectivity index (χ0) is 13.1. The Kier molecular flexibility index (Phi) is 3.93. The van der Waals surface area contributed by atoms with Crippen LogP contribution in [0.25, 0.3) is 0 Å². The maximum Gasteiger partial charge on any atom is 0.259 e. The molecule has 0 unspecified atom stereocenters. The molecule has 6 heteroatoms. The Bertz CT molecular complexity index is 589. The van der Waals surface area contributed by atoms with Gasteiger partial charge in [0.05, 0.1) is 5.56 Å². The van der Waals surface area contributed by atoms with Crippen molar-refractivity contribution in [2.45, 2.75) is 0 Å². The molecule has 2 rings (SSSR count). The van der Waals surface area contributed by atoms with Crippen LogP contribution >= 0.6 is 27.5 Å². The normalized spacial score (nSPS) is 10.2. The van der Waals surface area contributed by atoms with Gasteiger partial charge in [-0.3, -0.25) is 4.79 Å². The number of anilines is 1. The predicted octanol–water partition coefficient (Wildman–Crippen LogP) is 3.89. The van der Waals surface area contributed by atoms with Crippen LogP contribution in [-0.2, 0) is 0 Å². The average Bonchev–Trinajstić information content (AvgIpc) is 2.32. The van der Waals surface area contributed by atoms with Gasteiger partial charge >= 0.3 is 0 Å². The number of carbonyl (C=O) groups excluding carboxylic acids is 1. The minimum Gasteiger partial charge on any atom is -0.306 e. The zero-order valence-corrected chi connectivity index (χ0v) is 11.3. The second-order valence-corrected chi connectivity index (χ2v) is 4.79. The summed E-state index contributed by atoms with van der Waals surface area (Å²) >= 11 is 8.84. The van der Waals surface area contributed by atoms with Crippen molar-refractivity contribution in [3.8, 4) is 0 Å². The molecule has 1 amide bonds. The Hall–Kier alpha value is -1.46. The molecular formula is C12H7BrClFN2O. The van der Waals surface area contributed by atoms with Gasteiger partial charge in [0.25, 0.3) is 5.91 Å². The molecule has 0 saturated heterocycles. The van der Waals surface area contributed by atoms with E-state index in [9.17, 15) is 9.18 Å². The average molecular weight is 330 g/mol. The van der Waals surface area contributed by atoms with Crippen LogP contribution in [0.2, 0.25) is 5.02 Å². The Labute approximate surface area is 116 Å². The van der Waals surface area contributed by atoms with E-state index in [0.29, 0.717) is 5.82 Å². The van der Waals surface area contributed by atoms with E-state index in [1.54, 1.807) is 12.1 Å². The number of rotatable bonds is 2. The van der Waals surface area contributed by atoms with Gasteiger partial charge < -0.3 is 5.32 Å². The first-order chi connectivity index (χ1) is 8.56. The minimum absolute atomic E-state index is 0.0795. The summed E-state index contributed by atoms with van der Waals surface area (Å²) in [7, 11) is 0. The van der Waals surface area contributed by atoms with Gasteiger partial charge in [0.2, 0.25) is 0 Å². The van der Waals surface area contributed by atoms with Crippen molar-refractivity contribution >= 4 is 39.3 Å². The van der Waals surface area contributed by atoms with E-state index in [2.05, 4.69) is 26.2 Å². The minimum atomic E-state index is -0.669. The number of benzene rings is 1. The summed E-state index contributed by atoms with van der Waals surface area (Å²) in [6, 6.07) is 7.20. The molecule has 0 aliphatic heterocycles. The van der Waals surface area contributed by atoms with Crippen molar-refractivity contribution in [3.05, 3.63) is 57.4 Å². The van der Waals surface area contributed by atoms with Gasteiger partial charge in [-0.25, -0.2) is 9.37 Å². The first-order valence-corrected chi connectivity index (χ1v) is 6.11. The first-order valence-electron chi connectivity index (χ1n) is 4.94. The van der Waals surface area contributed by atoms with Crippen LogP contribution in [0.5, 0.6) is 0 Å². The monoisotopic (exact) mass is 328 g/mol. The van der Waals surface area contributed by atoms with Gasteiger partial charge in [-0.15, -0.1) is 0 Å². The van der Waals surface area contributed by atoms with Crippen LogP contribution in [-0.4, -0.2) is 10.9 Å².